The third kappa shape index (κ3) is 1.90. The Morgan fingerprint density at radius 2 is 2.06 bits per heavy atom. The molecule has 2 aromatic rings. The zero-order valence-corrected chi connectivity index (χ0v) is 10.4. The van der Waals surface area contributed by atoms with E-state index in [2.05, 4.69) is 28.3 Å². The van der Waals surface area contributed by atoms with Gasteiger partial charge in [0.25, 0.3) is 0 Å². The molecule has 1 aromatic heterocycles. The number of thioether (sulfide) groups is 1. The molecule has 0 bridgehead atoms. The van der Waals surface area contributed by atoms with Crippen molar-refractivity contribution in [3.05, 3.63) is 29.3 Å². The molecule has 1 aromatic carbocycles. The highest BCUT2D eigenvalue weighted by molar-refractivity contribution is 7.98. The van der Waals surface area contributed by atoms with E-state index in [0.29, 0.717) is 11.1 Å². The molecule has 5 heteroatoms. The molecule has 0 fully saturated rings. The summed E-state index contributed by atoms with van der Waals surface area (Å²) < 4.78 is 1.69. The molecular weight excluding hydrogens is 220 g/mol. The topological polar surface area (TPSA) is 56.7 Å². The molecule has 2 N–H and O–H groups in total. The lowest BCUT2D eigenvalue weighted by molar-refractivity contribution is 0.835. The molecule has 4 nitrogen and oxygen atoms in total. The van der Waals surface area contributed by atoms with Crippen LogP contribution in [0.25, 0.3) is 5.69 Å². The molecule has 0 aliphatic rings. The van der Waals surface area contributed by atoms with Crippen LogP contribution < -0.4 is 5.73 Å². The highest BCUT2D eigenvalue weighted by Gasteiger charge is 2.09. The number of nitrogens with two attached hydrogens (primary N) is 1. The van der Waals surface area contributed by atoms with Crippen LogP contribution in [0.5, 0.6) is 0 Å². The van der Waals surface area contributed by atoms with Crippen molar-refractivity contribution in [2.24, 2.45) is 0 Å². The van der Waals surface area contributed by atoms with E-state index in [1.807, 2.05) is 20.1 Å². The van der Waals surface area contributed by atoms with Gasteiger partial charge in [-0.15, -0.1) is 5.10 Å². The van der Waals surface area contributed by atoms with Crippen molar-refractivity contribution >= 4 is 17.7 Å². The molecule has 0 spiro atoms. The first-order valence-corrected chi connectivity index (χ1v) is 6.18. The van der Waals surface area contributed by atoms with Crippen LogP contribution in [-0.2, 0) is 0 Å². The Hall–Kier alpha value is -1.49. The summed E-state index contributed by atoms with van der Waals surface area (Å²) in [5.41, 5.74) is 9.15. The quantitative estimate of drug-likeness (QED) is 0.809. The largest absolute Gasteiger partial charge is 0.368 e. The van der Waals surface area contributed by atoms with Gasteiger partial charge < -0.3 is 5.73 Å². The predicted octanol–water partition coefficient (Wildman–Crippen LogP) is 2.19. The van der Waals surface area contributed by atoms with E-state index >= 15 is 0 Å². The van der Waals surface area contributed by atoms with E-state index in [4.69, 9.17) is 5.73 Å². The Morgan fingerprint density at radius 1 is 1.31 bits per heavy atom. The Kier molecular flexibility index (Phi) is 2.87. The van der Waals surface area contributed by atoms with Gasteiger partial charge in [-0.05, 0) is 37.3 Å². The first kappa shape index (κ1) is 11.0. The van der Waals surface area contributed by atoms with Crippen molar-refractivity contribution < 1.29 is 0 Å². The van der Waals surface area contributed by atoms with E-state index in [0.717, 1.165) is 11.3 Å². The maximum Gasteiger partial charge on any atom is 0.224 e. The number of anilines is 1. The van der Waals surface area contributed by atoms with Gasteiger partial charge in [0.2, 0.25) is 11.1 Å². The normalized spacial score (nSPS) is 10.7. The average molecular weight is 234 g/mol. The molecule has 0 radical (unpaired) electrons. The van der Waals surface area contributed by atoms with Crippen LogP contribution in [0.2, 0.25) is 0 Å². The van der Waals surface area contributed by atoms with E-state index in [9.17, 15) is 0 Å². The zero-order valence-electron chi connectivity index (χ0n) is 9.56. The molecule has 0 aliphatic carbocycles. The molecule has 1 heterocycles. The molecule has 0 aliphatic heterocycles. The highest BCUT2D eigenvalue weighted by Crippen LogP contribution is 2.20. The number of benzene rings is 1. The Balaban J connectivity index is 2.57. The van der Waals surface area contributed by atoms with Crippen LogP contribution in [0.1, 0.15) is 11.1 Å². The maximum atomic E-state index is 5.84. The van der Waals surface area contributed by atoms with Crippen LogP contribution in [0.4, 0.5) is 5.95 Å². The Morgan fingerprint density at radius 3 is 2.69 bits per heavy atom. The fraction of sp³-hybridized carbons (Fsp3) is 0.273. The van der Waals surface area contributed by atoms with Crippen LogP contribution >= 0.6 is 11.8 Å². The zero-order chi connectivity index (χ0) is 11.7. The molecular formula is C11H14N4S. The molecule has 0 amide bonds. The van der Waals surface area contributed by atoms with E-state index in [1.165, 1.54) is 17.3 Å². The number of nitrogen functional groups attached to an aromatic ring is 1. The summed E-state index contributed by atoms with van der Waals surface area (Å²) in [5.74, 6) is 0.429. The van der Waals surface area contributed by atoms with Crippen LogP contribution in [-0.4, -0.2) is 21.0 Å². The minimum atomic E-state index is 0.429. The first-order valence-electron chi connectivity index (χ1n) is 4.96. The van der Waals surface area contributed by atoms with Crippen molar-refractivity contribution in [1.29, 1.82) is 0 Å². The van der Waals surface area contributed by atoms with Crippen molar-refractivity contribution in [3.63, 3.8) is 0 Å². The van der Waals surface area contributed by atoms with Crippen molar-refractivity contribution in [3.8, 4) is 5.69 Å². The average Bonchev–Trinajstić information content (AvgIpc) is 2.63. The molecule has 0 saturated carbocycles. The van der Waals surface area contributed by atoms with Gasteiger partial charge in [0.1, 0.15) is 0 Å². The Labute approximate surface area is 98.9 Å². The van der Waals surface area contributed by atoms with Gasteiger partial charge in [-0.2, -0.15) is 9.67 Å². The molecule has 84 valence electrons. The standard InChI is InChI=1S/C11H14N4S/c1-7-4-5-8(2)9(6-7)15-10(12)13-11(14-15)16-3/h4-6H,1-3H3,(H2,12,13,14). The number of hydrogen-bond donors (Lipinski definition) is 1. The minimum absolute atomic E-state index is 0.429. The lowest BCUT2D eigenvalue weighted by Gasteiger charge is -2.07. The van der Waals surface area contributed by atoms with Crippen molar-refractivity contribution in [1.82, 2.24) is 14.8 Å². The molecule has 16 heavy (non-hydrogen) atoms. The van der Waals surface area contributed by atoms with Crippen LogP contribution in [0.3, 0.4) is 0 Å². The SMILES string of the molecule is CSc1nc(N)n(-c2cc(C)ccc2C)n1. The molecule has 0 saturated heterocycles. The van der Waals surface area contributed by atoms with E-state index in [-0.39, 0.29) is 0 Å². The van der Waals surface area contributed by atoms with Crippen molar-refractivity contribution in [2.75, 3.05) is 12.0 Å². The fourth-order valence-corrected chi connectivity index (χ4v) is 1.86. The predicted molar refractivity (Wildman–Crippen MR) is 67.0 cm³/mol. The smallest absolute Gasteiger partial charge is 0.224 e. The summed E-state index contributed by atoms with van der Waals surface area (Å²) in [6.45, 7) is 4.08. The summed E-state index contributed by atoms with van der Waals surface area (Å²) in [6, 6.07) is 6.19. The van der Waals surface area contributed by atoms with Gasteiger partial charge in [0.05, 0.1) is 5.69 Å². The monoisotopic (exact) mass is 234 g/mol. The van der Waals surface area contributed by atoms with Gasteiger partial charge in [-0.3, -0.25) is 0 Å². The third-order valence-electron chi connectivity index (χ3n) is 2.39. The summed E-state index contributed by atoms with van der Waals surface area (Å²) in [6.07, 6.45) is 1.93. The van der Waals surface area contributed by atoms with E-state index in [1.54, 1.807) is 4.68 Å². The summed E-state index contributed by atoms with van der Waals surface area (Å²) in [4.78, 5) is 4.17. The van der Waals surface area contributed by atoms with Crippen molar-refractivity contribution in [2.45, 2.75) is 19.0 Å². The van der Waals surface area contributed by atoms with Crippen LogP contribution in [0.15, 0.2) is 23.4 Å². The molecule has 0 atom stereocenters. The maximum absolute atomic E-state index is 5.84. The van der Waals surface area contributed by atoms with Gasteiger partial charge in [-0.1, -0.05) is 23.9 Å². The summed E-state index contributed by atoms with van der Waals surface area (Å²) >= 11 is 1.49. The lowest BCUT2D eigenvalue weighted by atomic mass is 10.1. The number of hydrogen-bond acceptors (Lipinski definition) is 4. The number of aromatic nitrogens is 3. The Bertz CT molecular complexity index is 519. The molecule has 0 unspecified atom stereocenters. The highest BCUT2D eigenvalue weighted by atomic mass is 32.2. The number of nitrogens with zero attached hydrogens (tertiary/aromatic N) is 3. The van der Waals surface area contributed by atoms with Gasteiger partial charge in [-0.25, -0.2) is 0 Å². The summed E-state index contributed by atoms with van der Waals surface area (Å²) in [7, 11) is 0. The van der Waals surface area contributed by atoms with Gasteiger partial charge in [0.15, 0.2) is 0 Å². The second kappa shape index (κ2) is 4.17. The van der Waals surface area contributed by atoms with E-state index < -0.39 is 0 Å². The summed E-state index contributed by atoms with van der Waals surface area (Å²) in [5, 5.41) is 5.04. The van der Waals surface area contributed by atoms with Gasteiger partial charge >= 0.3 is 0 Å². The third-order valence-corrected chi connectivity index (χ3v) is 2.93. The lowest BCUT2D eigenvalue weighted by Crippen LogP contribution is -2.04. The van der Waals surface area contributed by atoms with Gasteiger partial charge in [0, 0.05) is 0 Å². The second-order valence-electron chi connectivity index (χ2n) is 3.66. The fourth-order valence-electron chi connectivity index (χ4n) is 1.52. The number of aryl methyl sites for hydroxylation is 2. The number of rotatable bonds is 2. The second-order valence-corrected chi connectivity index (χ2v) is 4.43. The minimum Gasteiger partial charge on any atom is -0.368 e. The first-order chi connectivity index (χ1) is 7.61. The van der Waals surface area contributed by atoms with Crippen LogP contribution in [0, 0.1) is 13.8 Å². The molecule has 2 rings (SSSR count).